The highest BCUT2D eigenvalue weighted by molar-refractivity contribution is 8.14. The summed E-state index contributed by atoms with van der Waals surface area (Å²) in [5.41, 5.74) is 7.03. The summed E-state index contributed by atoms with van der Waals surface area (Å²) >= 11 is 1.55. The van der Waals surface area contributed by atoms with Crippen LogP contribution < -0.4 is 10.9 Å². The first-order valence-corrected chi connectivity index (χ1v) is 6.93. The Morgan fingerprint density at radius 1 is 1.50 bits per heavy atom. The zero-order valence-corrected chi connectivity index (χ0v) is 10.4. The van der Waals surface area contributed by atoms with Crippen LogP contribution >= 0.6 is 11.8 Å². The lowest BCUT2D eigenvalue weighted by Crippen LogP contribution is -2.25. The normalized spacial score (nSPS) is 29.3. The topological polar surface area (TPSA) is 55.6 Å². The van der Waals surface area contributed by atoms with E-state index in [1.54, 1.807) is 11.8 Å². The molecule has 1 aliphatic carbocycles. The molecule has 16 heavy (non-hydrogen) atoms. The SMILES string of the molecule is CCC1N[N]C(=NC(=O)C2CCCCC2)S1. The molecule has 0 aromatic carbocycles. The van der Waals surface area contributed by atoms with Crippen molar-refractivity contribution < 1.29 is 4.79 Å². The molecule has 1 unspecified atom stereocenters. The average molecular weight is 240 g/mol. The van der Waals surface area contributed by atoms with Crippen molar-refractivity contribution in [3.63, 3.8) is 0 Å². The second kappa shape index (κ2) is 5.68. The van der Waals surface area contributed by atoms with Crippen LogP contribution in [0.5, 0.6) is 0 Å². The standard InChI is InChI=1S/C11H18N3OS/c1-2-9-13-14-11(16-9)12-10(15)8-6-4-3-5-7-8/h8-9,13H,2-7H2,1H3. The molecule has 4 nitrogen and oxygen atoms in total. The molecule has 1 aliphatic heterocycles. The monoisotopic (exact) mass is 240 g/mol. The van der Waals surface area contributed by atoms with E-state index in [9.17, 15) is 4.79 Å². The van der Waals surface area contributed by atoms with Gasteiger partial charge in [-0.2, -0.15) is 15.8 Å². The lowest BCUT2D eigenvalue weighted by atomic mass is 9.89. The van der Waals surface area contributed by atoms with E-state index in [1.165, 1.54) is 19.3 Å². The Kier molecular flexibility index (Phi) is 4.23. The first kappa shape index (κ1) is 11.9. The third-order valence-corrected chi connectivity index (χ3v) is 4.20. The Hall–Kier alpha value is -0.550. The minimum Gasteiger partial charge on any atom is -0.272 e. The molecule has 1 N–H and O–H groups in total. The van der Waals surface area contributed by atoms with Gasteiger partial charge in [-0.05, 0) is 19.3 Å². The van der Waals surface area contributed by atoms with Gasteiger partial charge < -0.3 is 0 Å². The number of hydrogen-bond acceptors (Lipinski definition) is 3. The van der Waals surface area contributed by atoms with Gasteiger partial charge in [0.1, 0.15) is 0 Å². The maximum Gasteiger partial charge on any atom is 0.251 e. The molecule has 0 bridgehead atoms. The number of aliphatic imine (C=N–C) groups is 1. The van der Waals surface area contributed by atoms with Crippen LogP contribution in [0, 0.1) is 5.92 Å². The number of amidine groups is 1. The maximum absolute atomic E-state index is 11.9. The number of thioether (sulfide) groups is 1. The van der Waals surface area contributed by atoms with Crippen LogP contribution in [0.3, 0.4) is 0 Å². The second-order valence-corrected chi connectivity index (χ2v) is 5.49. The Bertz CT molecular complexity index is 287. The quantitative estimate of drug-likeness (QED) is 0.803. The van der Waals surface area contributed by atoms with Gasteiger partial charge in [0.15, 0.2) is 0 Å². The number of nitrogens with one attached hydrogen (secondary N) is 1. The third-order valence-electron chi connectivity index (χ3n) is 3.08. The summed E-state index contributed by atoms with van der Waals surface area (Å²) in [7, 11) is 0. The van der Waals surface area contributed by atoms with Crippen molar-refractivity contribution in [1.82, 2.24) is 10.9 Å². The van der Waals surface area contributed by atoms with E-state index in [4.69, 9.17) is 0 Å². The number of carbonyl (C=O) groups excluding carboxylic acids is 1. The zero-order chi connectivity index (χ0) is 11.4. The van der Waals surface area contributed by atoms with Gasteiger partial charge in [0.25, 0.3) is 5.91 Å². The molecule has 1 saturated carbocycles. The molecule has 0 spiro atoms. The Balaban J connectivity index is 1.88. The van der Waals surface area contributed by atoms with Crippen molar-refractivity contribution in [2.24, 2.45) is 10.9 Å². The summed E-state index contributed by atoms with van der Waals surface area (Å²) < 4.78 is 0. The van der Waals surface area contributed by atoms with E-state index < -0.39 is 0 Å². The molecule has 2 aliphatic rings. The fourth-order valence-electron chi connectivity index (χ4n) is 2.07. The molecule has 5 heteroatoms. The Labute approximate surface area is 101 Å². The molecule has 1 atom stereocenters. The molecular weight excluding hydrogens is 222 g/mol. The molecule has 0 aromatic rings. The van der Waals surface area contributed by atoms with Gasteiger partial charge in [-0.15, -0.1) is 0 Å². The smallest absolute Gasteiger partial charge is 0.251 e. The summed E-state index contributed by atoms with van der Waals surface area (Å²) in [5, 5.41) is 0.903. The van der Waals surface area contributed by atoms with E-state index in [0.29, 0.717) is 5.17 Å². The highest BCUT2D eigenvalue weighted by Crippen LogP contribution is 2.26. The highest BCUT2D eigenvalue weighted by atomic mass is 32.2. The van der Waals surface area contributed by atoms with Crippen LogP contribution in [-0.4, -0.2) is 16.4 Å². The van der Waals surface area contributed by atoms with Crippen LogP contribution in [0.25, 0.3) is 0 Å². The van der Waals surface area contributed by atoms with Gasteiger partial charge in [-0.25, -0.2) is 0 Å². The van der Waals surface area contributed by atoms with Gasteiger partial charge in [-0.3, -0.25) is 4.79 Å². The summed E-state index contributed by atoms with van der Waals surface area (Å²) in [6.07, 6.45) is 6.60. The van der Waals surface area contributed by atoms with E-state index >= 15 is 0 Å². The molecule has 1 saturated heterocycles. The van der Waals surface area contributed by atoms with Crippen molar-refractivity contribution in [3.8, 4) is 0 Å². The van der Waals surface area contributed by atoms with Crippen molar-refractivity contribution in [3.05, 3.63) is 0 Å². The van der Waals surface area contributed by atoms with E-state index in [2.05, 4.69) is 22.8 Å². The van der Waals surface area contributed by atoms with Gasteiger partial charge >= 0.3 is 0 Å². The molecule has 1 radical (unpaired) electrons. The highest BCUT2D eigenvalue weighted by Gasteiger charge is 2.25. The van der Waals surface area contributed by atoms with Crippen LogP contribution in [0.1, 0.15) is 45.4 Å². The number of hydrogen-bond donors (Lipinski definition) is 1. The van der Waals surface area contributed by atoms with Crippen molar-refractivity contribution >= 4 is 22.8 Å². The van der Waals surface area contributed by atoms with Crippen molar-refractivity contribution in [2.45, 2.75) is 50.8 Å². The minimum absolute atomic E-state index is 0.0319. The van der Waals surface area contributed by atoms with Crippen LogP contribution in [0.15, 0.2) is 4.99 Å². The van der Waals surface area contributed by atoms with Gasteiger partial charge in [0, 0.05) is 5.92 Å². The van der Waals surface area contributed by atoms with E-state index in [0.717, 1.165) is 19.3 Å². The van der Waals surface area contributed by atoms with Crippen molar-refractivity contribution in [2.75, 3.05) is 0 Å². The summed E-state index contributed by atoms with van der Waals surface area (Å²) in [6, 6.07) is 0. The zero-order valence-electron chi connectivity index (χ0n) is 9.61. The third kappa shape index (κ3) is 2.98. The fourth-order valence-corrected chi connectivity index (χ4v) is 2.84. The first-order valence-electron chi connectivity index (χ1n) is 6.05. The maximum atomic E-state index is 11.9. The number of nitrogens with zero attached hydrogens (tertiary/aromatic N) is 2. The Morgan fingerprint density at radius 3 is 2.88 bits per heavy atom. The largest absolute Gasteiger partial charge is 0.272 e. The summed E-state index contributed by atoms with van der Waals surface area (Å²) in [4.78, 5) is 16.0. The number of rotatable bonds is 2. The predicted molar refractivity (Wildman–Crippen MR) is 66.0 cm³/mol. The van der Waals surface area contributed by atoms with Crippen LogP contribution in [-0.2, 0) is 4.79 Å². The van der Waals surface area contributed by atoms with Gasteiger partial charge in [-0.1, -0.05) is 37.9 Å². The van der Waals surface area contributed by atoms with Gasteiger partial charge in [0.05, 0.1) is 5.37 Å². The molecule has 1 amide bonds. The number of carbonyl (C=O) groups is 1. The van der Waals surface area contributed by atoms with Crippen molar-refractivity contribution in [1.29, 1.82) is 0 Å². The number of amides is 1. The predicted octanol–water partition coefficient (Wildman–Crippen LogP) is 2.04. The van der Waals surface area contributed by atoms with Gasteiger partial charge in [0.2, 0.25) is 5.17 Å². The molecular formula is C11H18N3OS. The molecule has 89 valence electrons. The van der Waals surface area contributed by atoms with Crippen LogP contribution in [0.4, 0.5) is 0 Å². The average Bonchev–Trinajstić information content (AvgIpc) is 2.78. The second-order valence-electron chi connectivity index (χ2n) is 4.32. The molecule has 0 aromatic heterocycles. The minimum atomic E-state index is 0.0319. The Morgan fingerprint density at radius 2 is 2.25 bits per heavy atom. The van der Waals surface area contributed by atoms with E-state index in [1.807, 2.05) is 0 Å². The molecule has 2 fully saturated rings. The summed E-state index contributed by atoms with van der Waals surface area (Å²) in [6.45, 7) is 2.09. The fraction of sp³-hybridized carbons (Fsp3) is 0.818. The lowest BCUT2D eigenvalue weighted by molar-refractivity contribution is -0.122. The summed E-state index contributed by atoms with van der Waals surface area (Å²) in [5.74, 6) is 0.183. The lowest BCUT2D eigenvalue weighted by Gasteiger charge is -2.17. The van der Waals surface area contributed by atoms with E-state index in [-0.39, 0.29) is 17.2 Å². The molecule has 2 rings (SSSR count). The molecule has 1 heterocycles. The van der Waals surface area contributed by atoms with Crippen LogP contribution in [0.2, 0.25) is 0 Å². The first-order chi connectivity index (χ1) is 7.79.